The van der Waals surface area contributed by atoms with Crippen molar-refractivity contribution in [3.8, 4) is 0 Å². The Morgan fingerprint density at radius 2 is 2.04 bits per heavy atom. The number of carbonyl (C=O) groups excluding carboxylic acids is 2. The van der Waals surface area contributed by atoms with Crippen LogP contribution in [0.5, 0.6) is 0 Å². The van der Waals surface area contributed by atoms with Gasteiger partial charge in [-0.15, -0.1) is 0 Å². The highest BCUT2D eigenvalue weighted by molar-refractivity contribution is 5.99. The Kier molecular flexibility index (Phi) is 5.93. The smallest absolute Gasteiger partial charge is 0.417 e. The van der Waals surface area contributed by atoms with Gasteiger partial charge < -0.3 is 9.47 Å². The standard InChI is InChI=1S/C18H23NO4/c1-13(2)16-12-23-18(21)19(16)17(20)10-9-14(3)22-11-15-7-5-4-6-8-15/h4-10,13-14,16H,11-12H2,1-3H3/b10-9+/t14-,16+/m0/s1. The number of nitrogens with zero attached hydrogens (tertiary/aromatic N) is 1. The van der Waals surface area contributed by atoms with Crippen LogP contribution in [-0.4, -0.2) is 35.7 Å². The number of ether oxygens (including phenoxy) is 2. The van der Waals surface area contributed by atoms with Gasteiger partial charge in [-0.2, -0.15) is 0 Å². The van der Waals surface area contributed by atoms with Crippen molar-refractivity contribution < 1.29 is 19.1 Å². The van der Waals surface area contributed by atoms with E-state index in [0.717, 1.165) is 5.56 Å². The van der Waals surface area contributed by atoms with Gasteiger partial charge in [-0.25, -0.2) is 9.69 Å². The fraction of sp³-hybridized carbons (Fsp3) is 0.444. The van der Waals surface area contributed by atoms with Gasteiger partial charge in [0.25, 0.3) is 5.91 Å². The van der Waals surface area contributed by atoms with E-state index in [1.165, 1.54) is 11.0 Å². The van der Waals surface area contributed by atoms with Crippen LogP contribution in [0.4, 0.5) is 4.79 Å². The molecule has 23 heavy (non-hydrogen) atoms. The highest BCUT2D eigenvalue weighted by atomic mass is 16.6. The number of benzene rings is 1. The van der Waals surface area contributed by atoms with Gasteiger partial charge in [-0.3, -0.25) is 4.79 Å². The van der Waals surface area contributed by atoms with Crippen molar-refractivity contribution in [1.82, 2.24) is 4.90 Å². The second-order valence-electron chi connectivity index (χ2n) is 5.96. The number of cyclic esters (lactones) is 1. The molecule has 1 aromatic rings. The van der Waals surface area contributed by atoms with E-state index in [0.29, 0.717) is 6.61 Å². The van der Waals surface area contributed by atoms with E-state index in [2.05, 4.69) is 0 Å². The third-order valence-electron chi connectivity index (χ3n) is 3.78. The number of rotatable bonds is 6. The maximum atomic E-state index is 12.2. The van der Waals surface area contributed by atoms with Crippen molar-refractivity contribution in [2.75, 3.05) is 6.61 Å². The Balaban J connectivity index is 1.88. The normalized spacial score (nSPS) is 19.4. The average Bonchev–Trinajstić information content (AvgIpc) is 2.93. The van der Waals surface area contributed by atoms with E-state index < -0.39 is 6.09 Å². The Hall–Kier alpha value is -2.14. The van der Waals surface area contributed by atoms with Gasteiger partial charge in [0.2, 0.25) is 0 Å². The summed E-state index contributed by atoms with van der Waals surface area (Å²) in [5.74, 6) is -0.202. The van der Waals surface area contributed by atoms with Crippen LogP contribution < -0.4 is 0 Å². The lowest BCUT2D eigenvalue weighted by molar-refractivity contribution is -0.124. The highest BCUT2D eigenvalue weighted by Gasteiger charge is 2.38. The third kappa shape index (κ3) is 4.66. The summed E-state index contributed by atoms with van der Waals surface area (Å²) >= 11 is 0. The van der Waals surface area contributed by atoms with Crippen LogP contribution in [0.15, 0.2) is 42.5 Å². The van der Waals surface area contributed by atoms with Crippen molar-refractivity contribution in [2.45, 2.75) is 39.5 Å². The molecule has 1 heterocycles. The quantitative estimate of drug-likeness (QED) is 0.756. The molecule has 1 fully saturated rings. The number of carbonyl (C=O) groups is 2. The average molecular weight is 317 g/mol. The van der Waals surface area contributed by atoms with E-state index in [9.17, 15) is 9.59 Å². The molecule has 5 nitrogen and oxygen atoms in total. The summed E-state index contributed by atoms with van der Waals surface area (Å²) in [5, 5.41) is 0. The molecule has 1 aliphatic rings. The molecule has 0 saturated carbocycles. The van der Waals surface area contributed by atoms with Crippen LogP contribution >= 0.6 is 0 Å². The third-order valence-corrected chi connectivity index (χ3v) is 3.78. The summed E-state index contributed by atoms with van der Waals surface area (Å²) in [6.45, 7) is 6.51. The Labute approximate surface area is 136 Å². The summed E-state index contributed by atoms with van der Waals surface area (Å²) < 4.78 is 10.6. The number of amides is 2. The molecule has 0 bridgehead atoms. The van der Waals surface area contributed by atoms with Crippen LogP contribution in [0, 0.1) is 5.92 Å². The zero-order valence-electron chi connectivity index (χ0n) is 13.8. The molecule has 1 saturated heterocycles. The first kappa shape index (κ1) is 17.2. The lowest BCUT2D eigenvalue weighted by atomic mass is 10.0. The summed E-state index contributed by atoms with van der Waals surface area (Å²) in [7, 11) is 0. The van der Waals surface area contributed by atoms with Gasteiger partial charge >= 0.3 is 6.09 Å². The molecular formula is C18H23NO4. The zero-order valence-corrected chi connectivity index (χ0v) is 13.8. The summed E-state index contributed by atoms with van der Waals surface area (Å²) in [5.41, 5.74) is 1.07. The molecule has 124 valence electrons. The minimum Gasteiger partial charge on any atom is -0.447 e. The molecule has 5 heteroatoms. The minimum absolute atomic E-state index is 0.158. The fourth-order valence-corrected chi connectivity index (χ4v) is 2.34. The Morgan fingerprint density at radius 3 is 2.70 bits per heavy atom. The van der Waals surface area contributed by atoms with Crippen molar-refractivity contribution in [2.24, 2.45) is 5.92 Å². The summed E-state index contributed by atoms with van der Waals surface area (Å²) in [4.78, 5) is 25.1. The van der Waals surface area contributed by atoms with E-state index in [4.69, 9.17) is 9.47 Å². The second kappa shape index (κ2) is 7.92. The van der Waals surface area contributed by atoms with Crippen LogP contribution in [-0.2, 0) is 20.9 Å². The number of hydrogen-bond acceptors (Lipinski definition) is 4. The monoisotopic (exact) mass is 317 g/mol. The summed E-state index contributed by atoms with van der Waals surface area (Å²) in [6, 6.07) is 9.61. The first-order valence-corrected chi connectivity index (χ1v) is 7.82. The van der Waals surface area contributed by atoms with Crippen molar-refractivity contribution in [3.63, 3.8) is 0 Å². The van der Waals surface area contributed by atoms with Gasteiger partial charge in [0, 0.05) is 6.08 Å². The predicted molar refractivity (Wildman–Crippen MR) is 86.7 cm³/mol. The van der Waals surface area contributed by atoms with Crippen LogP contribution in [0.25, 0.3) is 0 Å². The van der Waals surface area contributed by atoms with Gasteiger partial charge in [-0.1, -0.05) is 50.3 Å². The zero-order chi connectivity index (χ0) is 16.8. The van der Waals surface area contributed by atoms with Gasteiger partial charge in [-0.05, 0) is 18.4 Å². The molecule has 1 aliphatic heterocycles. The second-order valence-corrected chi connectivity index (χ2v) is 5.96. The first-order chi connectivity index (χ1) is 11.0. The molecule has 0 radical (unpaired) electrons. The molecule has 2 amide bonds. The summed E-state index contributed by atoms with van der Waals surface area (Å²) in [6.07, 6.45) is 2.25. The Morgan fingerprint density at radius 1 is 1.35 bits per heavy atom. The van der Waals surface area contributed by atoms with E-state index >= 15 is 0 Å². The minimum atomic E-state index is -0.573. The van der Waals surface area contributed by atoms with E-state index in [-0.39, 0.29) is 30.6 Å². The number of imide groups is 1. The van der Waals surface area contributed by atoms with Crippen LogP contribution in [0.1, 0.15) is 26.3 Å². The largest absolute Gasteiger partial charge is 0.447 e. The lowest BCUT2D eigenvalue weighted by Crippen LogP contribution is -2.41. The lowest BCUT2D eigenvalue weighted by Gasteiger charge is -2.21. The van der Waals surface area contributed by atoms with Crippen LogP contribution in [0.2, 0.25) is 0 Å². The fourth-order valence-electron chi connectivity index (χ4n) is 2.34. The highest BCUT2D eigenvalue weighted by Crippen LogP contribution is 2.20. The van der Waals surface area contributed by atoms with Gasteiger partial charge in [0.1, 0.15) is 6.61 Å². The van der Waals surface area contributed by atoms with Crippen molar-refractivity contribution >= 4 is 12.0 Å². The Bertz CT molecular complexity index is 568. The maximum Gasteiger partial charge on any atom is 0.417 e. The number of hydrogen-bond donors (Lipinski definition) is 0. The molecule has 2 atom stereocenters. The molecule has 2 rings (SSSR count). The first-order valence-electron chi connectivity index (χ1n) is 7.82. The van der Waals surface area contributed by atoms with E-state index in [1.807, 2.05) is 51.1 Å². The van der Waals surface area contributed by atoms with Crippen molar-refractivity contribution in [3.05, 3.63) is 48.0 Å². The topological polar surface area (TPSA) is 55.8 Å². The predicted octanol–water partition coefficient (Wildman–Crippen LogP) is 3.15. The molecule has 0 aliphatic carbocycles. The molecule has 1 aromatic carbocycles. The molecule has 0 spiro atoms. The van der Waals surface area contributed by atoms with Crippen molar-refractivity contribution in [1.29, 1.82) is 0 Å². The van der Waals surface area contributed by atoms with Crippen LogP contribution in [0.3, 0.4) is 0 Å². The molecule has 0 N–H and O–H groups in total. The molecule has 0 aromatic heterocycles. The van der Waals surface area contributed by atoms with Gasteiger partial charge in [0.05, 0.1) is 18.8 Å². The molecular weight excluding hydrogens is 294 g/mol. The molecule has 0 unspecified atom stereocenters. The van der Waals surface area contributed by atoms with Gasteiger partial charge in [0.15, 0.2) is 0 Å². The maximum absolute atomic E-state index is 12.2. The van der Waals surface area contributed by atoms with E-state index in [1.54, 1.807) is 6.08 Å². The SMILES string of the molecule is CC(C)[C@H]1COC(=O)N1C(=O)/C=C/[C@H](C)OCc1ccccc1.